The first-order valence-corrected chi connectivity index (χ1v) is 8.01. The van der Waals surface area contributed by atoms with Crippen molar-refractivity contribution in [3.05, 3.63) is 59.7 Å². The Morgan fingerprint density at radius 2 is 0.958 bits per heavy atom. The van der Waals surface area contributed by atoms with Crippen LogP contribution in [0.2, 0.25) is 0 Å². The molecule has 4 nitrogen and oxygen atoms in total. The van der Waals surface area contributed by atoms with E-state index in [1.807, 2.05) is 48.5 Å². The van der Waals surface area contributed by atoms with Gasteiger partial charge in [0.2, 0.25) is 0 Å². The normalized spacial score (nSPS) is 27.2. The first-order valence-electron chi connectivity index (χ1n) is 8.01. The van der Waals surface area contributed by atoms with Crippen LogP contribution in [0.25, 0.3) is 32.3 Å². The lowest BCUT2D eigenvalue weighted by atomic mass is 9.76. The molecule has 0 amide bonds. The molecule has 4 aromatic rings. The minimum Gasteiger partial charge on any atom is -0.387 e. The van der Waals surface area contributed by atoms with E-state index in [9.17, 15) is 20.4 Å². The minimum absolute atomic E-state index is 0.511. The standard InChI is InChI=1S/C20H16O4/c21-17-15-11-5-1-3-9-7-8-10-4-2-6-12(14(10)13(9)11)16(15)18(22)20(24)19(17)23/h1-8,17-24H/t17-,18+,19-,20-/m1/s1. The molecule has 24 heavy (non-hydrogen) atoms. The SMILES string of the molecule is O[C@H]1[C@H](O)[C@@H](O)c2c(c3cccc4ccc5cccc2c5c43)[C@H]1O. The van der Waals surface area contributed by atoms with Gasteiger partial charge in [-0.25, -0.2) is 0 Å². The minimum atomic E-state index is -1.42. The Morgan fingerprint density at radius 1 is 0.542 bits per heavy atom. The van der Waals surface area contributed by atoms with E-state index in [2.05, 4.69) is 0 Å². The van der Waals surface area contributed by atoms with Gasteiger partial charge in [-0.2, -0.15) is 0 Å². The maximum absolute atomic E-state index is 10.6. The highest BCUT2D eigenvalue weighted by atomic mass is 16.4. The van der Waals surface area contributed by atoms with Gasteiger partial charge in [-0.15, -0.1) is 0 Å². The van der Waals surface area contributed by atoms with Crippen molar-refractivity contribution in [1.82, 2.24) is 0 Å². The number of hydrogen-bond donors (Lipinski definition) is 4. The molecule has 4 N–H and O–H groups in total. The van der Waals surface area contributed by atoms with Gasteiger partial charge in [0, 0.05) is 0 Å². The van der Waals surface area contributed by atoms with Crippen molar-refractivity contribution in [1.29, 1.82) is 0 Å². The van der Waals surface area contributed by atoms with Crippen molar-refractivity contribution in [3.63, 3.8) is 0 Å². The maximum atomic E-state index is 10.6. The monoisotopic (exact) mass is 320 g/mol. The van der Waals surface area contributed by atoms with Gasteiger partial charge >= 0.3 is 0 Å². The summed E-state index contributed by atoms with van der Waals surface area (Å²) in [5.74, 6) is 0. The lowest BCUT2D eigenvalue weighted by Gasteiger charge is -2.36. The van der Waals surface area contributed by atoms with Crippen LogP contribution in [0.15, 0.2) is 48.5 Å². The second-order valence-electron chi connectivity index (χ2n) is 6.57. The summed E-state index contributed by atoms with van der Waals surface area (Å²) in [7, 11) is 0. The van der Waals surface area contributed by atoms with Crippen LogP contribution in [0.4, 0.5) is 0 Å². The third-order valence-electron chi connectivity index (χ3n) is 5.34. The number of rotatable bonds is 0. The molecule has 120 valence electrons. The van der Waals surface area contributed by atoms with E-state index < -0.39 is 24.4 Å². The predicted molar refractivity (Wildman–Crippen MR) is 92.1 cm³/mol. The predicted octanol–water partition coefficient (Wildman–Crippen LogP) is 2.39. The average Bonchev–Trinajstić information content (AvgIpc) is 2.62. The Kier molecular flexibility index (Phi) is 2.74. The van der Waals surface area contributed by atoms with Crippen molar-refractivity contribution >= 4 is 32.3 Å². The second-order valence-corrected chi connectivity index (χ2v) is 6.57. The Bertz CT molecular complexity index is 1000. The molecule has 1 aliphatic carbocycles. The van der Waals surface area contributed by atoms with Crippen molar-refractivity contribution in [2.45, 2.75) is 24.4 Å². The van der Waals surface area contributed by atoms with Crippen LogP contribution in [0.1, 0.15) is 23.3 Å². The van der Waals surface area contributed by atoms with Gasteiger partial charge in [-0.05, 0) is 43.4 Å². The van der Waals surface area contributed by atoms with Gasteiger partial charge < -0.3 is 20.4 Å². The van der Waals surface area contributed by atoms with E-state index >= 15 is 0 Å². The quantitative estimate of drug-likeness (QED) is 0.375. The van der Waals surface area contributed by atoms with Gasteiger partial charge in [-0.1, -0.05) is 48.5 Å². The molecule has 1 aliphatic rings. The van der Waals surface area contributed by atoms with Crippen LogP contribution in [0.3, 0.4) is 0 Å². The van der Waals surface area contributed by atoms with Crippen molar-refractivity contribution in [2.75, 3.05) is 0 Å². The molecule has 0 bridgehead atoms. The third-order valence-corrected chi connectivity index (χ3v) is 5.34. The molecule has 0 aliphatic heterocycles. The molecule has 0 aromatic heterocycles. The van der Waals surface area contributed by atoms with E-state index in [4.69, 9.17) is 0 Å². The number of aliphatic hydroxyl groups excluding tert-OH is 4. The molecule has 4 atom stereocenters. The summed E-state index contributed by atoms with van der Waals surface area (Å²) in [5.41, 5.74) is 1.02. The van der Waals surface area contributed by atoms with Gasteiger partial charge in [0.05, 0.1) is 0 Å². The largest absolute Gasteiger partial charge is 0.387 e. The number of fused-ring (bicyclic) bond motifs is 3. The molecule has 0 saturated heterocycles. The first-order chi connectivity index (χ1) is 11.6. The van der Waals surface area contributed by atoms with Crippen LogP contribution >= 0.6 is 0 Å². The molecule has 5 rings (SSSR count). The van der Waals surface area contributed by atoms with Crippen LogP contribution in [0.5, 0.6) is 0 Å². The smallest absolute Gasteiger partial charge is 0.113 e. The van der Waals surface area contributed by atoms with Crippen molar-refractivity contribution in [2.24, 2.45) is 0 Å². The summed E-state index contributed by atoms with van der Waals surface area (Å²) in [6, 6.07) is 15.7. The summed E-state index contributed by atoms with van der Waals surface area (Å²) in [6.07, 6.45) is -5.32. The lowest BCUT2D eigenvalue weighted by molar-refractivity contribution is -0.119. The van der Waals surface area contributed by atoms with Crippen molar-refractivity contribution < 1.29 is 20.4 Å². The Morgan fingerprint density at radius 3 is 1.38 bits per heavy atom. The molecule has 0 heterocycles. The molecule has 0 saturated carbocycles. The Labute approximate surface area is 137 Å². The fraction of sp³-hybridized carbons (Fsp3) is 0.200. The highest BCUT2D eigenvalue weighted by Crippen LogP contribution is 2.47. The molecule has 0 unspecified atom stereocenters. The molecular formula is C20H16O4. The second kappa shape index (κ2) is 4.65. The third kappa shape index (κ3) is 1.56. The van der Waals surface area contributed by atoms with E-state index in [-0.39, 0.29) is 0 Å². The van der Waals surface area contributed by atoms with Gasteiger partial charge in [0.1, 0.15) is 24.4 Å². The van der Waals surface area contributed by atoms with E-state index in [0.29, 0.717) is 11.1 Å². The summed E-state index contributed by atoms with van der Waals surface area (Å²) in [6.45, 7) is 0. The van der Waals surface area contributed by atoms with Crippen LogP contribution in [-0.2, 0) is 0 Å². The Balaban J connectivity index is 2.11. The zero-order valence-corrected chi connectivity index (χ0v) is 12.7. The number of hydrogen-bond acceptors (Lipinski definition) is 4. The molecule has 0 radical (unpaired) electrons. The van der Waals surface area contributed by atoms with E-state index in [1.54, 1.807) is 0 Å². The summed E-state index contributed by atoms with van der Waals surface area (Å²) in [4.78, 5) is 0. The molecule has 4 heteroatoms. The highest BCUT2D eigenvalue weighted by molar-refractivity contribution is 6.25. The van der Waals surface area contributed by atoms with Gasteiger partial charge in [0.25, 0.3) is 0 Å². The highest BCUT2D eigenvalue weighted by Gasteiger charge is 2.42. The zero-order valence-electron chi connectivity index (χ0n) is 12.7. The maximum Gasteiger partial charge on any atom is 0.113 e. The molecular weight excluding hydrogens is 304 g/mol. The van der Waals surface area contributed by atoms with Crippen LogP contribution in [0, 0.1) is 0 Å². The van der Waals surface area contributed by atoms with Crippen molar-refractivity contribution in [3.8, 4) is 0 Å². The van der Waals surface area contributed by atoms with Crippen LogP contribution < -0.4 is 0 Å². The summed E-state index contributed by atoms with van der Waals surface area (Å²) >= 11 is 0. The topological polar surface area (TPSA) is 80.9 Å². The number of benzene rings is 4. The summed E-state index contributed by atoms with van der Waals surface area (Å²) < 4.78 is 0. The molecule has 4 aromatic carbocycles. The average molecular weight is 320 g/mol. The summed E-state index contributed by atoms with van der Waals surface area (Å²) in [5, 5.41) is 47.3. The van der Waals surface area contributed by atoms with Gasteiger partial charge in [0.15, 0.2) is 0 Å². The lowest BCUT2D eigenvalue weighted by Crippen LogP contribution is -2.41. The molecule has 0 fully saturated rings. The molecule has 0 spiro atoms. The van der Waals surface area contributed by atoms with E-state index in [1.165, 1.54) is 0 Å². The van der Waals surface area contributed by atoms with Gasteiger partial charge in [-0.3, -0.25) is 0 Å². The first kappa shape index (κ1) is 14.1. The van der Waals surface area contributed by atoms with Crippen LogP contribution in [-0.4, -0.2) is 32.6 Å². The fourth-order valence-corrected chi connectivity index (χ4v) is 4.25. The van der Waals surface area contributed by atoms with E-state index in [0.717, 1.165) is 32.3 Å². The fourth-order valence-electron chi connectivity index (χ4n) is 4.25. The number of aliphatic hydroxyl groups is 4. The Hall–Kier alpha value is -2.24. The zero-order chi connectivity index (χ0) is 16.6.